The minimum atomic E-state index is -4.23. The maximum atomic E-state index is 12.7. The smallest absolute Gasteiger partial charge is 0.394 e. The number of hydrogen-bond donors (Lipinski definition) is 1. The summed E-state index contributed by atoms with van der Waals surface area (Å²) >= 11 is 0. The summed E-state index contributed by atoms with van der Waals surface area (Å²) < 4.78 is 38.0. The van der Waals surface area contributed by atoms with E-state index in [1.165, 1.54) is 18.1 Å². The van der Waals surface area contributed by atoms with Gasteiger partial charge in [-0.3, -0.25) is 4.90 Å². The number of alkyl halides is 3. The van der Waals surface area contributed by atoms with E-state index in [1.54, 1.807) is 14.0 Å². The lowest BCUT2D eigenvalue weighted by atomic mass is 10.1. The van der Waals surface area contributed by atoms with Gasteiger partial charge >= 0.3 is 6.18 Å². The van der Waals surface area contributed by atoms with Gasteiger partial charge < -0.3 is 5.32 Å². The predicted molar refractivity (Wildman–Crippen MR) is 55.6 cm³/mol. The van der Waals surface area contributed by atoms with Crippen molar-refractivity contribution in [2.45, 2.75) is 38.5 Å². The molecule has 0 aliphatic carbocycles. The summed E-state index contributed by atoms with van der Waals surface area (Å²) in [5.41, 5.74) is 0. The van der Waals surface area contributed by atoms with Crippen molar-refractivity contribution in [3.05, 3.63) is 12.3 Å². The van der Waals surface area contributed by atoms with Crippen molar-refractivity contribution in [3.8, 4) is 0 Å². The first-order chi connectivity index (χ1) is 6.84. The fourth-order valence-electron chi connectivity index (χ4n) is 1.23. The summed E-state index contributed by atoms with van der Waals surface area (Å²) in [6, 6.07) is -1.63. The van der Waals surface area contributed by atoms with E-state index in [4.69, 9.17) is 0 Å². The second-order valence-corrected chi connectivity index (χ2v) is 3.56. The van der Waals surface area contributed by atoms with Crippen LogP contribution in [0, 0.1) is 0 Å². The van der Waals surface area contributed by atoms with Gasteiger partial charge in [-0.1, -0.05) is 6.92 Å². The standard InChI is InChI=1S/C10H19F3N2/c1-5-8(2)15(4)9(6-7-14-3)10(11,12)13/h6-9,14H,5H2,1-4H3/b7-6+. The van der Waals surface area contributed by atoms with E-state index in [2.05, 4.69) is 5.32 Å². The molecule has 1 N–H and O–H groups in total. The first kappa shape index (κ1) is 14.3. The average Bonchev–Trinajstić information content (AvgIpc) is 2.14. The number of hydrogen-bond acceptors (Lipinski definition) is 2. The zero-order chi connectivity index (χ0) is 12.1. The van der Waals surface area contributed by atoms with E-state index < -0.39 is 12.2 Å². The molecule has 0 radical (unpaired) electrons. The zero-order valence-corrected chi connectivity index (χ0v) is 9.60. The van der Waals surface area contributed by atoms with Crippen LogP contribution in [0.4, 0.5) is 13.2 Å². The Labute approximate surface area is 89.1 Å². The molecule has 2 unspecified atom stereocenters. The third kappa shape index (κ3) is 4.55. The van der Waals surface area contributed by atoms with Gasteiger partial charge in [-0.25, -0.2) is 0 Å². The number of nitrogens with zero attached hydrogens (tertiary/aromatic N) is 1. The minimum Gasteiger partial charge on any atom is -0.394 e. The molecule has 0 bridgehead atoms. The van der Waals surface area contributed by atoms with E-state index in [-0.39, 0.29) is 6.04 Å². The molecule has 0 rings (SSSR count). The first-order valence-corrected chi connectivity index (χ1v) is 4.97. The Morgan fingerprint density at radius 3 is 2.27 bits per heavy atom. The molecule has 0 spiro atoms. The highest BCUT2D eigenvalue weighted by molar-refractivity contribution is 4.97. The van der Waals surface area contributed by atoms with Gasteiger partial charge in [0, 0.05) is 13.1 Å². The van der Waals surface area contributed by atoms with Crippen molar-refractivity contribution in [3.63, 3.8) is 0 Å². The Bertz CT molecular complexity index is 201. The highest BCUT2D eigenvalue weighted by Crippen LogP contribution is 2.26. The molecule has 2 atom stereocenters. The number of likely N-dealkylation sites (N-methyl/N-ethyl adjacent to an activating group) is 1. The second kappa shape index (κ2) is 6.00. The Kier molecular flexibility index (Phi) is 5.72. The highest BCUT2D eigenvalue weighted by Gasteiger charge is 2.41. The molecule has 0 aromatic heterocycles. The van der Waals surface area contributed by atoms with Crippen LogP contribution in [0.5, 0.6) is 0 Å². The van der Waals surface area contributed by atoms with Crippen LogP contribution in [0.2, 0.25) is 0 Å². The molecular weight excluding hydrogens is 205 g/mol. The largest absolute Gasteiger partial charge is 0.407 e. The predicted octanol–water partition coefficient (Wildman–Crippen LogP) is 2.38. The molecular formula is C10H19F3N2. The lowest BCUT2D eigenvalue weighted by Gasteiger charge is -2.32. The molecule has 0 heterocycles. The third-order valence-electron chi connectivity index (χ3n) is 2.51. The highest BCUT2D eigenvalue weighted by atomic mass is 19.4. The van der Waals surface area contributed by atoms with Gasteiger partial charge in [0.15, 0.2) is 0 Å². The molecule has 0 aliphatic heterocycles. The lowest BCUT2D eigenvalue weighted by Crippen LogP contribution is -2.46. The van der Waals surface area contributed by atoms with Crippen molar-refractivity contribution in [1.29, 1.82) is 0 Å². The molecule has 0 aromatic rings. The molecule has 2 nitrogen and oxygen atoms in total. The molecule has 0 amide bonds. The SMILES string of the molecule is CCC(C)N(C)C(/C=C/NC)C(F)(F)F. The second-order valence-electron chi connectivity index (χ2n) is 3.56. The lowest BCUT2D eigenvalue weighted by molar-refractivity contribution is -0.171. The van der Waals surface area contributed by atoms with Gasteiger partial charge in [-0.15, -0.1) is 0 Å². The van der Waals surface area contributed by atoms with Crippen molar-refractivity contribution >= 4 is 0 Å². The summed E-state index contributed by atoms with van der Waals surface area (Å²) in [6.45, 7) is 3.66. The van der Waals surface area contributed by atoms with Crippen LogP contribution in [-0.2, 0) is 0 Å². The summed E-state index contributed by atoms with van der Waals surface area (Å²) in [7, 11) is 3.07. The quantitative estimate of drug-likeness (QED) is 0.771. The van der Waals surface area contributed by atoms with Crippen LogP contribution < -0.4 is 5.32 Å². The van der Waals surface area contributed by atoms with Gasteiger partial charge in [-0.2, -0.15) is 13.2 Å². The molecule has 0 fully saturated rings. The fourth-order valence-corrected chi connectivity index (χ4v) is 1.23. The van der Waals surface area contributed by atoms with Crippen LogP contribution >= 0.6 is 0 Å². The van der Waals surface area contributed by atoms with Crippen molar-refractivity contribution < 1.29 is 13.2 Å². The Morgan fingerprint density at radius 1 is 1.40 bits per heavy atom. The van der Waals surface area contributed by atoms with Crippen LogP contribution in [-0.4, -0.2) is 37.3 Å². The monoisotopic (exact) mass is 224 g/mol. The topological polar surface area (TPSA) is 15.3 Å². The molecule has 0 aromatic carbocycles. The molecule has 15 heavy (non-hydrogen) atoms. The van der Waals surface area contributed by atoms with Crippen LogP contribution in [0.15, 0.2) is 12.3 Å². The number of nitrogens with one attached hydrogen (secondary N) is 1. The Morgan fingerprint density at radius 2 is 1.93 bits per heavy atom. The maximum absolute atomic E-state index is 12.7. The molecule has 0 aliphatic rings. The molecule has 90 valence electrons. The summed E-state index contributed by atoms with van der Waals surface area (Å²) in [5, 5.41) is 2.57. The Balaban J connectivity index is 4.70. The summed E-state index contributed by atoms with van der Waals surface area (Å²) in [5.74, 6) is 0. The Hall–Kier alpha value is -0.710. The normalized spacial score (nSPS) is 17.1. The van der Waals surface area contributed by atoms with E-state index >= 15 is 0 Å². The van der Waals surface area contributed by atoms with Gasteiger partial charge in [-0.05, 0) is 32.7 Å². The van der Waals surface area contributed by atoms with Crippen molar-refractivity contribution in [2.24, 2.45) is 0 Å². The molecule has 5 heteroatoms. The maximum Gasteiger partial charge on any atom is 0.407 e. The van der Waals surface area contributed by atoms with Crippen LogP contribution in [0.25, 0.3) is 0 Å². The van der Waals surface area contributed by atoms with Gasteiger partial charge in [0.2, 0.25) is 0 Å². The van der Waals surface area contributed by atoms with Gasteiger partial charge in [0.1, 0.15) is 6.04 Å². The van der Waals surface area contributed by atoms with Crippen molar-refractivity contribution in [2.75, 3.05) is 14.1 Å². The van der Waals surface area contributed by atoms with Gasteiger partial charge in [0.25, 0.3) is 0 Å². The van der Waals surface area contributed by atoms with E-state index in [0.717, 1.165) is 6.08 Å². The van der Waals surface area contributed by atoms with E-state index in [9.17, 15) is 13.2 Å². The fraction of sp³-hybridized carbons (Fsp3) is 0.800. The van der Waals surface area contributed by atoms with E-state index in [0.29, 0.717) is 6.42 Å². The average molecular weight is 224 g/mol. The summed E-state index contributed by atoms with van der Waals surface area (Å²) in [6.07, 6.45) is -1.09. The zero-order valence-electron chi connectivity index (χ0n) is 9.60. The molecule has 0 saturated carbocycles. The molecule has 0 saturated heterocycles. The van der Waals surface area contributed by atoms with Crippen LogP contribution in [0.1, 0.15) is 20.3 Å². The summed E-state index contributed by atoms with van der Waals surface area (Å²) in [4.78, 5) is 1.33. The third-order valence-corrected chi connectivity index (χ3v) is 2.51. The van der Waals surface area contributed by atoms with E-state index in [1.807, 2.05) is 6.92 Å². The van der Waals surface area contributed by atoms with Gasteiger partial charge in [0.05, 0.1) is 0 Å². The minimum absolute atomic E-state index is 0.0990. The number of halogens is 3. The first-order valence-electron chi connectivity index (χ1n) is 4.97. The van der Waals surface area contributed by atoms with Crippen LogP contribution in [0.3, 0.4) is 0 Å². The number of rotatable bonds is 5. The van der Waals surface area contributed by atoms with Crippen molar-refractivity contribution in [1.82, 2.24) is 10.2 Å².